The Bertz CT molecular complexity index is 1890. The molecular formula is C33H30FN5O4S2. The van der Waals surface area contributed by atoms with Crippen LogP contribution in [0.1, 0.15) is 54.7 Å². The van der Waals surface area contributed by atoms with Crippen LogP contribution in [0.4, 0.5) is 9.52 Å². The molecule has 1 fully saturated rings. The van der Waals surface area contributed by atoms with Crippen molar-refractivity contribution in [2.24, 2.45) is 0 Å². The lowest BCUT2D eigenvalue weighted by atomic mass is 9.96. The number of anilines is 1. The van der Waals surface area contributed by atoms with Gasteiger partial charge in [0.2, 0.25) is 5.13 Å². The second-order valence-electron chi connectivity index (χ2n) is 10.5. The van der Waals surface area contributed by atoms with E-state index in [1.54, 1.807) is 66.1 Å². The smallest absolute Gasteiger partial charge is 0.301 e. The number of aliphatic hydroxyl groups is 1. The number of thioether (sulfide) groups is 1. The molecule has 12 heteroatoms. The van der Waals surface area contributed by atoms with Crippen molar-refractivity contribution in [2.45, 2.75) is 49.2 Å². The number of imidazole rings is 1. The van der Waals surface area contributed by atoms with E-state index in [9.17, 15) is 19.1 Å². The lowest BCUT2D eigenvalue weighted by Crippen LogP contribution is -2.29. The van der Waals surface area contributed by atoms with Gasteiger partial charge < -0.3 is 9.84 Å². The molecule has 9 nitrogen and oxygen atoms in total. The fraction of sp³-hybridized carbons (Fsp3) is 0.242. The van der Waals surface area contributed by atoms with Gasteiger partial charge in [-0.2, -0.15) is 0 Å². The van der Waals surface area contributed by atoms with Crippen molar-refractivity contribution in [1.82, 2.24) is 19.6 Å². The average Bonchev–Trinajstić information content (AvgIpc) is 3.72. The third-order valence-electron chi connectivity index (χ3n) is 7.46. The van der Waals surface area contributed by atoms with E-state index < -0.39 is 17.7 Å². The van der Waals surface area contributed by atoms with Crippen LogP contribution in [0.25, 0.3) is 11.4 Å². The number of ether oxygens (including phenoxy) is 1. The molecule has 0 bridgehead atoms. The van der Waals surface area contributed by atoms with Crippen LogP contribution in [0, 0.1) is 12.7 Å². The highest BCUT2D eigenvalue weighted by atomic mass is 32.2. The number of nitrogens with zero attached hydrogens (tertiary/aromatic N) is 5. The van der Waals surface area contributed by atoms with Gasteiger partial charge >= 0.3 is 5.91 Å². The lowest BCUT2D eigenvalue weighted by molar-refractivity contribution is -0.132. The van der Waals surface area contributed by atoms with Crippen LogP contribution < -0.4 is 9.64 Å². The van der Waals surface area contributed by atoms with Gasteiger partial charge in [0.1, 0.15) is 22.9 Å². The number of hydrogen-bond donors (Lipinski definition) is 1. The van der Waals surface area contributed by atoms with Gasteiger partial charge in [-0.15, -0.1) is 10.2 Å². The molecule has 230 valence electrons. The maximum absolute atomic E-state index is 13.7. The quantitative estimate of drug-likeness (QED) is 0.0405. The zero-order chi connectivity index (χ0) is 31.5. The molecule has 1 amide bonds. The van der Waals surface area contributed by atoms with E-state index in [2.05, 4.69) is 22.1 Å². The number of carbonyl (C=O) groups excluding carboxylic acids is 2. The molecule has 1 aliphatic heterocycles. The van der Waals surface area contributed by atoms with Gasteiger partial charge in [-0.3, -0.25) is 18.9 Å². The number of unbranched alkanes of at least 4 members (excludes halogenated alkanes) is 2. The van der Waals surface area contributed by atoms with Crippen LogP contribution in [0.5, 0.6) is 5.75 Å². The molecule has 3 aromatic heterocycles. The monoisotopic (exact) mass is 643 g/mol. The molecule has 45 heavy (non-hydrogen) atoms. The normalized spacial score (nSPS) is 16.2. The van der Waals surface area contributed by atoms with Crippen molar-refractivity contribution in [2.75, 3.05) is 11.5 Å². The van der Waals surface area contributed by atoms with E-state index >= 15 is 0 Å². The SMILES string of the molecule is CCCCCOc1ccc(C2/C(=C(\O)c3c(C)nc4ccccn34)C(=O)C(=O)N2c2nnc(SCc3ccc(F)cc3)s2)cc1. The van der Waals surface area contributed by atoms with Crippen LogP contribution in [0.15, 0.2) is 82.8 Å². The molecule has 2 aromatic carbocycles. The van der Waals surface area contributed by atoms with Crippen molar-refractivity contribution in [1.29, 1.82) is 0 Å². The fourth-order valence-electron chi connectivity index (χ4n) is 5.24. The molecule has 0 aliphatic carbocycles. The molecule has 4 heterocycles. The van der Waals surface area contributed by atoms with Crippen molar-refractivity contribution in [3.8, 4) is 5.75 Å². The van der Waals surface area contributed by atoms with E-state index in [1.165, 1.54) is 40.1 Å². The third-order valence-corrected chi connectivity index (χ3v) is 9.59. The Morgan fingerprint density at radius 1 is 1.04 bits per heavy atom. The first-order valence-corrected chi connectivity index (χ1v) is 16.3. The minimum atomic E-state index is -0.976. The summed E-state index contributed by atoms with van der Waals surface area (Å²) < 4.78 is 21.5. The molecule has 1 unspecified atom stereocenters. The number of carbonyl (C=O) groups is 2. The van der Waals surface area contributed by atoms with E-state index in [0.29, 0.717) is 45.0 Å². The van der Waals surface area contributed by atoms with Crippen LogP contribution in [-0.2, 0) is 15.3 Å². The Morgan fingerprint density at radius 3 is 2.58 bits per heavy atom. The molecule has 1 atom stereocenters. The second kappa shape index (κ2) is 13.2. The third kappa shape index (κ3) is 6.20. The summed E-state index contributed by atoms with van der Waals surface area (Å²) in [5.41, 5.74) is 2.87. The average molecular weight is 644 g/mol. The highest BCUT2D eigenvalue weighted by molar-refractivity contribution is 8.00. The Labute approximate surface area is 267 Å². The summed E-state index contributed by atoms with van der Waals surface area (Å²) in [5.74, 6) is -1.11. The standard InChI is InChI=1S/C33H30FN5O4S2/c1-3-4-7-18-43-24-15-11-22(12-16-24)28-26(29(40)27-20(2)35-25-8-5-6-17-38(25)27)30(41)31(42)39(28)32-36-37-33(45-32)44-19-21-9-13-23(34)14-10-21/h5-6,8-17,28,40H,3-4,7,18-19H2,1-2H3/b29-26+. The molecule has 1 saturated heterocycles. The van der Waals surface area contributed by atoms with E-state index in [0.717, 1.165) is 24.8 Å². The molecule has 0 spiro atoms. The summed E-state index contributed by atoms with van der Waals surface area (Å²) in [6.45, 7) is 4.46. The van der Waals surface area contributed by atoms with Crippen LogP contribution in [-0.4, -0.2) is 43.0 Å². The van der Waals surface area contributed by atoms with E-state index in [1.807, 2.05) is 6.07 Å². The van der Waals surface area contributed by atoms with Gasteiger partial charge in [-0.1, -0.05) is 73.2 Å². The maximum atomic E-state index is 13.7. The van der Waals surface area contributed by atoms with Crippen molar-refractivity contribution < 1.29 is 23.8 Å². The summed E-state index contributed by atoms with van der Waals surface area (Å²) in [4.78, 5) is 33.2. The molecule has 0 saturated carbocycles. The Morgan fingerprint density at radius 2 is 1.82 bits per heavy atom. The maximum Gasteiger partial charge on any atom is 0.301 e. The highest BCUT2D eigenvalue weighted by Gasteiger charge is 2.49. The van der Waals surface area contributed by atoms with Crippen molar-refractivity contribution >= 4 is 51.3 Å². The first-order chi connectivity index (χ1) is 21.9. The van der Waals surface area contributed by atoms with Gasteiger partial charge in [0.15, 0.2) is 10.1 Å². The molecule has 1 N–H and O–H groups in total. The minimum absolute atomic E-state index is 0.0684. The summed E-state index contributed by atoms with van der Waals surface area (Å²) in [7, 11) is 0. The van der Waals surface area contributed by atoms with E-state index in [4.69, 9.17) is 4.74 Å². The van der Waals surface area contributed by atoms with Gasteiger partial charge in [0.25, 0.3) is 5.78 Å². The van der Waals surface area contributed by atoms with Crippen molar-refractivity contribution in [3.05, 3.63) is 107 Å². The number of fused-ring (bicyclic) bond motifs is 1. The topological polar surface area (TPSA) is 110 Å². The number of amides is 1. The number of aromatic nitrogens is 4. The largest absolute Gasteiger partial charge is 0.505 e. The van der Waals surface area contributed by atoms with Gasteiger partial charge in [0, 0.05) is 11.9 Å². The summed E-state index contributed by atoms with van der Waals surface area (Å²) in [6, 6.07) is 17.8. The highest BCUT2D eigenvalue weighted by Crippen LogP contribution is 2.44. The molecule has 6 rings (SSSR count). The zero-order valence-corrected chi connectivity index (χ0v) is 26.3. The van der Waals surface area contributed by atoms with E-state index in [-0.39, 0.29) is 22.3 Å². The van der Waals surface area contributed by atoms with Crippen LogP contribution >= 0.6 is 23.1 Å². The Hall–Kier alpha value is -4.55. The fourth-order valence-corrected chi connectivity index (χ4v) is 7.07. The van der Waals surface area contributed by atoms with Crippen LogP contribution in [0.3, 0.4) is 0 Å². The predicted octanol–water partition coefficient (Wildman–Crippen LogP) is 7.12. The van der Waals surface area contributed by atoms with Gasteiger partial charge in [-0.05, 0) is 60.9 Å². The lowest BCUT2D eigenvalue weighted by Gasteiger charge is -2.22. The number of halogens is 1. The summed E-state index contributed by atoms with van der Waals surface area (Å²) >= 11 is 2.56. The van der Waals surface area contributed by atoms with Crippen molar-refractivity contribution in [3.63, 3.8) is 0 Å². The number of ketones is 1. The second-order valence-corrected chi connectivity index (χ2v) is 12.7. The van der Waals surface area contributed by atoms with Gasteiger partial charge in [-0.25, -0.2) is 9.37 Å². The summed E-state index contributed by atoms with van der Waals surface area (Å²) in [6.07, 6.45) is 4.84. The van der Waals surface area contributed by atoms with Crippen LogP contribution in [0.2, 0.25) is 0 Å². The number of aryl methyl sites for hydroxylation is 1. The number of pyridine rings is 1. The number of aliphatic hydroxyl groups excluding tert-OH is 1. The molecule has 5 aromatic rings. The predicted molar refractivity (Wildman–Crippen MR) is 172 cm³/mol. The van der Waals surface area contributed by atoms with Gasteiger partial charge in [0.05, 0.1) is 23.9 Å². The number of hydrogen-bond acceptors (Lipinski definition) is 9. The summed E-state index contributed by atoms with van der Waals surface area (Å²) in [5, 5.41) is 20.5. The first-order valence-electron chi connectivity index (χ1n) is 14.5. The number of rotatable bonds is 11. The number of benzene rings is 2. The molecule has 1 aliphatic rings. The Balaban J connectivity index is 1.38. The molecule has 0 radical (unpaired) electrons. The number of Topliss-reactive ketones (excluding diaryl/α,β-unsaturated/α-hetero) is 1. The Kier molecular flexibility index (Phi) is 8.95. The zero-order valence-electron chi connectivity index (χ0n) is 24.6. The minimum Gasteiger partial charge on any atom is -0.505 e. The molecular weight excluding hydrogens is 614 g/mol. The first kappa shape index (κ1) is 30.5.